The number of amides is 1. The summed E-state index contributed by atoms with van der Waals surface area (Å²) in [5.41, 5.74) is 1.04. The van der Waals surface area contributed by atoms with Crippen molar-refractivity contribution in [3.8, 4) is 5.75 Å². The van der Waals surface area contributed by atoms with Crippen molar-refractivity contribution < 1.29 is 9.53 Å². The highest BCUT2D eigenvalue weighted by atomic mass is 16.5. The second-order valence-electron chi connectivity index (χ2n) is 4.61. The summed E-state index contributed by atoms with van der Waals surface area (Å²) in [4.78, 5) is 18.0. The van der Waals surface area contributed by atoms with E-state index in [1.165, 1.54) is 0 Å². The third-order valence-corrected chi connectivity index (χ3v) is 3.11. The van der Waals surface area contributed by atoms with E-state index in [9.17, 15) is 4.79 Å². The molecule has 0 unspecified atom stereocenters. The standard InChI is InChI=1S/C14H20N4O2/c1-18-8-7-15-14(18)17-10-13(19)16-9-11-3-5-12(20-2)6-4-11/h3-6H,7-10H2,1-2H3,(H,15,17)(H,16,19). The highest BCUT2D eigenvalue weighted by Crippen LogP contribution is 2.10. The summed E-state index contributed by atoms with van der Waals surface area (Å²) < 4.78 is 5.09. The summed E-state index contributed by atoms with van der Waals surface area (Å²) in [6.07, 6.45) is 0. The summed E-state index contributed by atoms with van der Waals surface area (Å²) in [7, 11) is 3.58. The Balaban J connectivity index is 1.71. The summed E-state index contributed by atoms with van der Waals surface area (Å²) in [5.74, 6) is 1.54. The average Bonchev–Trinajstić information content (AvgIpc) is 2.89. The van der Waals surface area contributed by atoms with Gasteiger partial charge in [0.1, 0.15) is 5.75 Å². The van der Waals surface area contributed by atoms with Crippen molar-refractivity contribution in [1.82, 2.24) is 15.5 Å². The number of hydrogen-bond acceptors (Lipinski definition) is 5. The molecule has 0 saturated heterocycles. The zero-order valence-electron chi connectivity index (χ0n) is 11.8. The Morgan fingerprint density at radius 2 is 2.15 bits per heavy atom. The number of likely N-dealkylation sites (N-methyl/N-ethyl adjacent to an activating group) is 1. The minimum atomic E-state index is -0.0520. The predicted molar refractivity (Wildman–Crippen MR) is 77.8 cm³/mol. The number of guanidine groups is 1. The highest BCUT2D eigenvalue weighted by molar-refractivity contribution is 5.87. The van der Waals surface area contributed by atoms with E-state index in [1.54, 1.807) is 7.11 Å². The first kappa shape index (κ1) is 14.2. The fraction of sp³-hybridized carbons (Fsp3) is 0.429. The Bertz CT molecular complexity index is 484. The van der Waals surface area contributed by atoms with E-state index < -0.39 is 0 Å². The van der Waals surface area contributed by atoms with Crippen molar-refractivity contribution in [3.63, 3.8) is 0 Å². The molecular formula is C14H20N4O2. The molecule has 0 aliphatic carbocycles. The molecule has 6 heteroatoms. The van der Waals surface area contributed by atoms with Crippen molar-refractivity contribution in [2.45, 2.75) is 6.54 Å². The molecule has 0 radical (unpaired) electrons. The summed E-state index contributed by atoms with van der Waals surface area (Å²) in [6.45, 7) is 2.42. The zero-order chi connectivity index (χ0) is 14.4. The normalized spacial score (nSPS) is 13.9. The molecule has 0 saturated carbocycles. The van der Waals surface area contributed by atoms with Gasteiger partial charge in [0, 0.05) is 20.1 Å². The first-order chi connectivity index (χ1) is 9.69. The molecule has 1 aromatic carbocycles. The molecule has 0 fully saturated rings. The Labute approximate surface area is 118 Å². The number of hydrogen-bond donors (Lipinski definition) is 2. The first-order valence-electron chi connectivity index (χ1n) is 6.58. The molecule has 1 aliphatic heterocycles. The fourth-order valence-electron chi connectivity index (χ4n) is 1.89. The van der Waals surface area contributed by atoms with Crippen LogP contribution < -0.4 is 15.4 Å². The van der Waals surface area contributed by atoms with Crippen molar-refractivity contribution in [2.75, 3.05) is 33.8 Å². The Kier molecular flexibility index (Phi) is 4.81. The van der Waals surface area contributed by atoms with Gasteiger partial charge in [0.05, 0.1) is 20.2 Å². The molecule has 0 bridgehead atoms. The molecule has 0 atom stereocenters. The van der Waals surface area contributed by atoms with Gasteiger partial charge in [-0.3, -0.25) is 9.79 Å². The van der Waals surface area contributed by atoms with Gasteiger partial charge < -0.3 is 20.3 Å². The number of nitrogens with zero attached hydrogens (tertiary/aromatic N) is 2. The van der Waals surface area contributed by atoms with Crippen molar-refractivity contribution in [2.24, 2.45) is 4.99 Å². The molecule has 6 nitrogen and oxygen atoms in total. The molecule has 20 heavy (non-hydrogen) atoms. The molecule has 108 valence electrons. The molecular weight excluding hydrogens is 256 g/mol. The third kappa shape index (κ3) is 3.88. The Hall–Kier alpha value is -2.24. The number of aliphatic imine (C=N–C) groups is 1. The lowest BCUT2D eigenvalue weighted by Crippen LogP contribution is -2.41. The molecule has 2 rings (SSSR count). The van der Waals surface area contributed by atoms with Gasteiger partial charge in [-0.05, 0) is 17.7 Å². The number of rotatable bonds is 5. The van der Waals surface area contributed by atoms with E-state index in [0.717, 1.165) is 30.4 Å². The molecule has 1 aliphatic rings. The smallest absolute Gasteiger partial charge is 0.239 e. The fourth-order valence-corrected chi connectivity index (χ4v) is 1.89. The molecule has 1 amide bonds. The van der Waals surface area contributed by atoms with E-state index in [2.05, 4.69) is 15.6 Å². The van der Waals surface area contributed by atoms with Crippen LogP contribution in [0.2, 0.25) is 0 Å². The van der Waals surface area contributed by atoms with Crippen LogP contribution in [0.1, 0.15) is 5.56 Å². The van der Waals surface area contributed by atoms with E-state index >= 15 is 0 Å². The largest absolute Gasteiger partial charge is 0.497 e. The van der Waals surface area contributed by atoms with Gasteiger partial charge in [-0.25, -0.2) is 0 Å². The zero-order valence-corrected chi connectivity index (χ0v) is 11.8. The molecule has 1 aromatic rings. The molecule has 1 heterocycles. The van der Waals surface area contributed by atoms with Crippen molar-refractivity contribution in [1.29, 1.82) is 0 Å². The topological polar surface area (TPSA) is 66.0 Å². The van der Waals surface area contributed by atoms with E-state index in [-0.39, 0.29) is 12.5 Å². The van der Waals surface area contributed by atoms with Gasteiger partial charge in [-0.1, -0.05) is 12.1 Å². The van der Waals surface area contributed by atoms with E-state index in [4.69, 9.17) is 4.74 Å². The van der Waals surface area contributed by atoms with Gasteiger partial charge in [0.15, 0.2) is 5.96 Å². The number of ether oxygens (including phenoxy) is 1. The number of carbonyl (C=O) groups is 1. The minimum absolute atomic E-state index is 0.0520. The number of carbonyl (C=O) groups excluding carboxylic acids is 1. The number of nitrogens with one attached hydrogen (secondary N) is 2. The van der Waals surface area contributed by atoms with Crippen LogP contribution in [0.3, 0.4) is 0 Å². The predicted octanol–water partition coefficient (Wildman–Crippen LogP) is 0.202. The summed E-state index contributed by atoms with van der Waals surface area (Å²) in [5, 5.41) is 5.89. The number of benzene rings is 1. The highest BCUT2D eigenvalue weighted by Gasteiger charge is 2.12. The van der Waals surface area contributed by atoms with Crippen LogP contribution in [-0.2, 0) is 11.3 Å². The Morgan fingerprint density at radius 3 is 2.75 bits per heavy atom. The molecule has 0 spiro atoms. The van der Waals surface area contributed by atoms with Crippen molar-refractivity contribution >= 4 is 11.9 Å². The van der Waals surface area contributed by atoms with Gasteiger partial charge in [-0.2, -0.15) is 0 Å². The Morgan fingerprint density at radius 1 is 1.40 bits per heavy atom. The van der Waals surface area contributed by atoms with E-state index in [0.29, 0.717) is 6.54 Å². The van der Waals surface area contributed by atoms with Crippen LogP contribution in [0.4, 0.5) is 0 Å². The maximum Gasteiger partial charge on any atom is 0.239 e. The number of methoxy groups -OCH3 is 1. The average molecular weight is 276 g/mol. The monoisotopic (exact) mass is 276 g/mol. The maximum atomic E-state index is 11.7. The first-order valence-corrected chi connectivity index (χ1v) is 6.58. The van der Waals surface area contributed by atoms with Crippen LogP contribution in [-0.4, -0.2) is 50.6 Å². The van der Waals surface area contributed by atoms with Crippen LogP contribution in [0, 0.1) is 0 Å². The van der Waals surface area contributed by atoms with Crippen LogP contribution in [0.15, 0.2) is 29.3 Å². The third-order valence-electron chi connectivity index (χ3n) is 3.11. The van der Waals surface area contributed by atoms with Gasteiger partial charge in [0.25, 0.3) is 0 Å². The van der Waals surface area contributed by atoms with Gasteiger partial charge >= 0.3 is 0 Å². The second kappa shape index (κ2) is 6.79. The lowest BCUT2D eigenvalue weighted by Gasteiger charge is -2.15. The molecule has 2 N–H and O–H groups in total. The lowest BCUT2D eigenvalue weighted by atomic mass is 10.2. The minimum Gasteiger partial charge on any atom is -0.497 e. The van der Waals surface area contributed by atoms with Crippen LogP contribution in [0.5, 0.6) is 5.75 Å². The summed E-state index contributed by atoms with van der Waals surface area (Å²) >= 11 is 0. The molecule has 0 aromatic heterocycles. The van der Waals surface area contributed by atoms with Gasteiger partial charge in [0.2, 0.25) is 5.91 Å². The summed E-state index contributed by atoms with van der Waals surface area (Å²) in [6, 6.07) is 7.62. The lowest BCUT2D eigenvalue weighted by molar-refractivity contribution is -0.120. The van der Waals surface area contributed by atoms with Crippen LogP contribution >= 0.6 is 0 Å². The second-order valence-corrected chi connectivity index (χ2v) is 4.61. The SMILES string of the molecule is COc1ccc(CNC(=O)CNC2=NCCN2C)cc1. The quantitative estimate of drug-likeness (QED) is 0.806. The van der Waals surface area contributed by atoms with Crippen molar-refractivity contribution in [3.05, 3.63) is 29.8 Å². The maximum absolute atomic E-state index is 11.7. The van der Waals surface area contributed by atoms with E-state index in [1.807, 2.05) is 36.2 Å². The van der Waals surface area contributed by atoms with Gasteiger partial charge in [-0.15, -0.1) is 0 Å². The van der Waals surface area contributed by atoms with Crippen LogP contribution in [0.25, 0.3) is 0 Å².